The van der Waals surface area contributed by atoms with E-state index in [1.54, 1.807) is 0 Å². The summed E-state index contributed by atoms with van der Waals surface area (Å²) in [5, 5.41) is 8.73. The van der Waals surface area contributed by atoms with Crippen LogP contribution in [-0.4, -0.2) is 35.1 Å². The highest BCUT2D eigenvalue weighted by atomic mass is 16.4. The van der Waals surface area contributed by atoms with Gasteiger partial charge in [-0.25, -0.2) is 0 Å². The third kappa shape index (κ3) is 18.8. The Morgan fingerprint density at radius 3 is 1.61 bits per heavy atom. The summed E-state index contributed by atoms with van der Waals surface area (Å²) in [4.78, 5) is 13.3. The van der Waals surface area contributed by atoms with Gasteiger partial charge in [0.05, 0.1) is 0 Å². The van der Waals surface area contributed by atoms with Crippen molar-refractivity contribution in [2.75, 3.05) is 13.1 Å². The molecule has 0 fully saturated rings. The highest BCUT2D eigenvalue weighted by molar-refractivity contribution is 5.66. The molecule has 0 heterocycles. The fourth-order valence-corrected chi connectivity index (χ4v) is 4.00. The van der Waals surface area contributed by atoms with Crippen LogP contribution in [0.25, 0.3) is 0 Å². The average Bonchev–Trinajstić information content (AvgIpc) is 2.67. The van der Waals surface area contributed by atoms with Crippen LogP contribution in [0.3, 0.4) is 0 Å². The van der Waals surface area contributed by atoms with E-state index >= 15 is 0 Å². The summed E-state index contributed by atoms with van der Waals surface area (Å²) in [6.07, 6.45) is 22.4. The maximum absolute atomic E-state index is 10.6. The molecule has 1 N–H and O–H groups in total. The Kier molecular flexibility index (Phi) is 20.7. The number of hydrogen-bond donors (Lipinski definition) is 1. The van der Waals surface area contributed by atoms with Gasteiger partial charge in [-0.1, -0.05) is 97.3 Å². The molecule has 0 aromatic rings. The molecule has 0 aliphatic rings. The molecule has 0 bridgehead atoms. The van der Waals surface area contributed by atoms with E-state index < -0.39 is 5.97 Å². The molecule has 1 unspecified atom stereocenters. The molecule has 0 spiro atoms. The van der Waals surface area contributed by atoms with Crippen LogP contribution < -0.4 is 0 Å². The second-order valence-electron chi connectivity index (χ2n) is 8.77. The summed E-state index contributed by atoms with van der Waals surface area (Å²) in [7, 11) is 0. The topological polar surface area (TPSA) is 40.5 Å². The molecule has 0 aromatic carbocycles. The van der Waals surface area contributed by atoms with Gasteiger partial charge in [-0.05, 0) is 45.7 Å². The monoisotopic (exact) mass is 397 g/mol. The van der Waals surface area contributed by atoms with Crippen LogP contribution in [-0.2, 0) is 4.79 Å². The van der Waals surface area contributed by atoms with Crippen LogP contribution in [0.5, 0.6) is 0 Å². The Morgan fingerprint density at radius 2 is 1.11 bits per heavy atom. The number of nitrogens with zero attached hydrogens (tertiary/aromatic N) is 1. The van der Waals surface area contributed by atoms with Crippen molar-refractivity contribution in [3.8, 4) is 0 Å². The summed E-state index contributed by atoms with van der Waals surface area (Å²) in [5.41, 5.74) is 0. The number of hydrogen-bond acceptors (Lipinski definition) is 2. The smallest absolute Gasteiger partial charge is 0.303 e. The molecule has 0 saturated heterocycles. The van der Waals surface area contributed by atoms with Crippen molar-refractivity contribution in [3.63, 3.8) is 0 Å². The quantitative estimate of drug-likeness (QED) is 0.189. The van der Waals surface area contributed by atoms with Gasteiger partial charge in [-0.15, -0.1) is 0 Å². The summed E-state index contributed by atoms with van der Waals surface area (Å²) in [5.74, 6) is -0.655. The summed E-state index contributed by atoms with van der Waals surface area (Å²) in [6.45, 7) is 9.51. The molecule has 0 aromatic heterocycles. The fourth-order valence-electron chi connectivity index (χ4n) is 4.00. The Morgan fingerprint density at radius 1 is 0.679 bits per heavy atom. The first-order valence-electron chi connectivity index (χ1n) is 12.6. The SMILES string of the molecule is CCCCCCCCN(CCCCCCCC)C(C)CCCCCCC(=O)O. The molecule has 168 valence electrons. The largest absolute Gasteiger partial charge is 0.481 e. The van der Waals surface area contributed by atoms with Gasteiger partial charge in [0.2, 0.25) is 0 Å². The molecule has 3 heteroatoms. The fraction of sp³-hybridized carbons (Fsp3) is 0.960. The zero-order valence-electron chi connectivity index (χ0n) is 19.5. The number of carboxylic acid groups (broad SMARTS) is 1. The first-order valence-corrected chi connectivity index (χ1v) is 12.6. The number of unbranched alkanes of at least 4 members (excludes halogenated alkanes) is 13. The van der Waals surface area contributed by atoms with Crippen molar-refractivity contribution in [2.24, 2.45) is 0 Å². The minimum atomic E-state index is -0.655. The second-order valence-corrected chi connectivity index (χ2v) is 8.77. The van der Waals surface area contributed by atoms with E-state index in [9.17, 15) is 4.79 Å². The Balaban J connectivity index is 4.04. The van der Waals surface area contributed by atoms with E-state index in [2.05, 4.69) is 25.7 Å². The van der Waals surface area contributed by atoms with Crippen LogP contribution in [0, 0.1) is 0 Å². The van der Waals surface area contributed by atoms with Crippen molar-refractivity contribution < 1.29 is 9.90 Å². The van der Waals surface area contributed by atoms with Crippen LogP contribution in [0.1, 0.15) is 136 Å². The Bertz CT molecular complexity index is 317. The third-order valence-corrected chi connectivity index (χ3v) is 5.98. The van der Waals surface area contributed by atoms with Gasteiger partial charge < -0.3 is 10.0 Å². The summed E-state index contributed by atoms with van der Waals surface area (Å²) in [6, 6.07) is 0.672. The number of carbonyl (C=O) groups is 1. The van der Waals surface area contributed by atoms with Gasteiger partial charge in [0.25, 0.3) is 0 Å². The average molecular weight is 398 g/mol. The molecule has 0 aliphatic heterocycles. The summed E-state index contributed by atoms with van der Waals surface area (Å²) >= 11 is 0. The lowest BCUT2D eigenvalue weighted by Crippen LogP contribution is -2.35. The minimum Gasteiger partial charge on any atom is -0.481 e. The minimum absolute atomic E-state index is 0.331. The van der Waals surface area contributed by atoms with E-state index in [4.69, 9.17) is 5.11 Å². The second kappa shape index (κ2) is 21.1. The van der Waals surface area contributed by atoms with Gasteiger partial charge in [-0.2, -0.15) is 0 Å². The van der Waals surface area contributed by atoms with Gasteiger partial charge in [0.1, 0.15) is 0 Å². The van der Waals surface area contributed by atoms with Gasteiger partial charge >= 0.3 is 5.97 Å². The molecule has 0 aliphatic carbocycles. The predicted molar refractivity (Wildman–Crippen MR) is 123 cm³/mol. The molecule has 1 atom stereocenters. The van der Waals surface area contributed by atoms with Crippen molar-refractivity contribution in [3.05, 3.63) is 0 Å². The van der Waals surface area contributed by atoms with Crippen molar-refractivity contribution in [2.45, 2.75) is 142 Å². The summed E-state index contributed by atoms with van der Waals surface area (Å²) < 4.78 is 0. The lowest BCUT2D eigenvalue weighted by atomic mass is 10.0. The van der Waals surface area contributed by atoms with Gasteiger partial charge in [0.15, 0.2) is 0 Å². The van der Waals surface area contributed by atoms with Crippen LogP contribution in [0.4, 0.5) is 0 Å². The maximum Gasteiger partial charge on any atom is 0.303 e. The lowest BCUT2D eigenvalue weighted by molar-refractivity contribution is -0.137. The molecular weight excluding hydrogens is 346 g/mol. The predicted octanol–water partition coefficient (Wildman–Crippen LogP) is 7.82. The molecule has 0 rings (SSSR count). The molecular formula is C25H51NO2. The van der Waals surface area contributed by atoms with E-state index in [-0.39, 0.29) is 0 Å². The van der Waals surface area contributed by atoms with Gasteiger partial charge in [-0.3, -0.25) is 4.79 Å². The zero-order valence-corrected chi connectivity index (χ0v) is 19.5. The van der Waals surface area contributed by atoms with Crippen LogP contribution >= 0.6 is 0 Å². The van der Waals surface area contributed by atoms with Crippen molar-refractivity contribution in [1.29, 1.82) is 0 Å². The van der Waals surface area contributed by atoms with Gasteiger partial charge in [0, 0.05) is 12.5 Å². The van der Waals surface area contributed by atoms with Crippen molar-refractivity contribution >= 4 is 5.97 Å². The first kappa shape index (κ1) is 27.4. The van der Waals surface area contributed by atoms with Crippen LogP contribution in [0.2, 0.25) is 0 Å². The number of aliphatic carboxylic acids is 1. The molecule has 0 radical (unpaired) electrons. The standard InChI is InChI=1S/C25H51NO2/c1-4-6-8-10-14-18-22-26(23-19-15-11-9-7-5-2)24(3)20-16-12-13-17-21-25(27)28/h24H,4-23H2,1-3H3,(H,27,28). The Labute approximate surface area is 176 Å². The van der Waals surface area contributed by atoms with E-state index in [1.807, 2.05) is 0 Å². The van der Waals surface area contributed by atoms with E-state index in [0.29, 0.717) is 12.5 Å². The Hall–Kier alpha value is -0.570. The number of carboxylic acids is 1. The highest BCUT2D eigenvalue weighted by Crippen LogP contribution is 2.15. The molecule has 0 saturated carbocycles. The maximum atomic E-state index is 10.6. The number of rotatable bonds is 22. The molecule has 0 amide bonds. The van der Waals surface area contributed by atoms with E-state index in [0.717, 1.165) is 12.8 Å². The molecule has 3 nitrogen and oxygen atoms in total. The zero-order chi connectivity index (χ0) is 20.9. The first-order chi connectivity index (χ1) is 13.6. The third-order valence-electron chi connectivity index (χ3n) is 5.98. The van der Waals surface area contributed by atoms with Crippen LogP contribution in [0.15, 0.2) is 0 Å². The molecule has 28 heavy (non-hydrogen) atoms. The van der Waals surface area contributed by atoms with E-state index in [1.165, 1.54) is 109 Å². The normalized spacial score (nSPS) is 12.6. The lowest BCUT2D eigenvalue weighted by Gasteiger charge is -2.29. The van der Waals surface area contributed by atoms with Crippen molar-refractivity contribution in [1.82, 2.24) is 4.90 Å². The highest BCUT2D eigenvalue weighted by Gasteiger charge is 2.13.